The molecule has 1 aliphatic carbocycles. The van der Waals surface area contributed by atoms with Gasteiger partial charge in [-0.05, 0) is 36.5 Å². The van der Waals surface area contributed by atoms with Crippen molar-refractivity contribution in [2.45, 2.75) is 25.8 Å². The van der Waals surface area contributed by atoms with E-state index in [0.717, 1.165) is 30.6 Å². The summed E-state index contributed by atoms with van der Waals surface area (Å²) < 4.78 is 10.5. The summed E-state index contributed by atoms with van der Waals surface area (Å²) in [6, 6.07) is 7.59. The van der Waals surface area contributed by atoms with Gasteiger partial charge in [0, 0.05) is 26.7 Å². The molecule has 0 radical (unpaired) electrons. The van der Waals surface area contributed by atoms with Gasteiger partial charge in [-0.2, -0.15) is 0 Å². The Kier molecular flexibility index (Phi) is 6.34. The molecule has 1 aromatic rings. The first-order chi connectivity index (χ1) is 13.0. The first kappa shape index (κ1) is 19.6. The summed E-state index contributed by atoms with van der Waals surface area (Å²) in [5.74, 6) is 0.123. The molecule has 0 aromatic heterocycles. The number of hydrogen-bond donors (Lipinski definition) is 2. The number of rotatable bonds is 9. The number of fused-ring (bicyclic) bond motifs is 1. The molecule has 148 valence electrons. The first-order valence-electron chi connectivity index (χ1n) is 9.46. The topological polar surface area (TPSA) is 88.1 Å². The van der Waals surface area contributed by atoms with Gasteiger partial charge in [-0.15, -0.1) is 0 Å². The van der Waals surface area contributed by atoms with Crippen LogP contribution in [0, 0.1) is 11.3 Å². The van der Waals surface area contributed by atoms with E-state index in [2.05, 4.69) is 5.32 Å². The normalized spacial score (nSPS) is 24.6. The number of carboxylic acids is 1. The van der Waals surface area contributed by atoms with Crippen LogP contribution in [0.3, 0.4) is 0 Å². The fourth-order valence-electron chi connectivity index (χ4n) is 4.31. The largest absolute Gasteiger partial charge is 0.491 e. The van der Waals surface area contributed by atoms with E-state index in [-0.39, 0.29) is 18.4 Å². The molecule has 0 bridgehead atoms. The van der Waals surface area contributed by atoms with Gasteiger partial charge in [-0.1, -0.05) is 18.6 Å². The van der Waals surface area contributed by atoms with Crippen molar-refractivity contribution in [2.24, 2.45) is 11.3 Å². The predicted octanol–water partition coefficient (Wildman–Crippen LogP) is 1.51. The van der Waals surface area contributed by atoms with E-state index < -0.39 is 11.4 Å². The van der Waals surface area contributed by atoms with Crippen LogP contribution < -0.4 is 10.1 Å². The minimum atomic E-state index is -0.710. The minimum Gasteiger partial charge on any atom is -0.491 e. The van der Waals surface area contributed by atoms with E-state index in [9.17, 15) is 14.7 Å². The van der Waals surface area contributed by atoms with E-state index in [0.29, 0.717) is 32.8 Å². The zero-order valence-electron chi connectivity index (χ0n) is 15.8. The number of hydrogen-bond acceptors (Lipinski definition) is 5. The molecule has 1 saturated carbocycles. The monoisotopic (exact) mass is 376 g/mol. The molecule has 7 heteroatoms. The molecule has 3 rings (SSSR count). The summed E-state index contributed by atoms with van der Waals surface area (Å²) >= 11 is 0. The molecule has 1 saturated heterocycles. The molecular formula is C20H28N2O5. The van der Waals surface area contributed by atoms with Crippen LogP contribution in [0.15, 0.2) is 24.3 Å². The molecule has 1 heterocycles. The van der Waals surface area contributed by atoms with Crippen molar-refractivity contribution < 1.29 is 24.2 Å². The summed E-state index contributed by atoms with van der Waals surface area (Å²) in [5.41, 5.74) is 0.312. The Hall–Kier alpha value is -2.12. The van der Waals surface area contributed by atoms with Crippen molar-refractivity contribution >= 4 is 11.9 Å². The van der Waals surface area contributed by atoms with Gasteiger partial charge >= 0.3 is 5.97 Å². The molecule has 0 spiro atoms. The Morgan fingerprint density at radius 3 is 2.96 bits per heavy atom. The fraction of sp³-hybridized carbons (Fsp3) is 0.600. The van der Waals surface area contributed by atoms with Crippen LogP contribution in [0.2, 0.25) is 0 Å². The number of methoxy groups -OCH3 is 1. The molecule has 2 aliphatic rings. The van der Waals surface area contributed by atoms with Gasteiger partial charge in [0.15, 0.2) is 0 Å². The van der Waals surface area contributed by atoms with Crippen LogP contribution in [-0.4, -0.2) is 61.8 Å². The van der Waals surface area contributed by atoms with Gasteiger partial charge in [-0.25, -0.2) is 0 Å². The molecule has 1 aromatic carbocycles. The van der Waals surface area contributed by atoms with Crippen molar-refractivity contribution in [2.75, 3.05) is 40.0 Å². The van der Waals surface area contributed by atoms with Crippen molar-refractivity contribution in [1.82, 2.24) is 10.2 Å². The zero-order chi connectivity index (χ0) is 19.3. The third-order valence-electron chi connectivity index (χ3n) is 5.68. The summed E-state index contributed by atoms with van der Waals surface area (Å²) in [7, 11) is 1.63. The number of ether oxygens (including phenoxy) is 2. The second kappa shape index (κ2) is 8.71. The maximum atomic E-state index is 12.3. The van der Waals surface area contributed by atoms with Crippen molar-refractivity contribution in [3.05, 3.63) is 29.8 Å². The highest BCUT2D eigenvalue weighted by Gasteiger charge is 2.54. The van der Waals surface area contributed by atoms with Crippen LogP contribution in [-0.2, 0) is 20.9 Å². The van der Waals surface area contributed by atoms with Gasteiger partial charge in [0.1, 0.15) is 12.4 Å². The second-order valence-electron chi connectivity index (χ2n) is 7.49. The minimum absolute atomic E-state index is 0.0822. The van der Waals surface area contributed by atoms with Crippen LogP contribution in [0.5, 0.6) is 5.75 Å². The van der Waals surface area contributed by atoms with Crippen molar-refractivity contribution in [3.8, 4) is 5.75 Å². The quantitative estimate of drug-likeness (QED) is 0.636. The highest BCUT2D eigenvalue weighted by atomic mass is 16.5. The van der Waals surface area contributed by atoms with E-state index >= 15 is 0 Å². The number of nitrogens with one attached hydrogen (secondary N) is 1. The summed E-state index contributed by atoms with van der Waals surface area (Å²) in [4.78, 5) is 26.0. The Morgan fingerprint density at radius 2 is 2.22 bits per heavy atom. The van der Waals surface area contributed by atoms with Gasteiger partial charge in [0.05, 0.1) is 18.6 Å². The number of likely N-dealkylation sites (tertiary alicyclic amines) is 1. The average Bonchev–Trinajstić information content (AvgIpc) is 3.19. The molecule has 1 aliphatic heterocycles. The fourth-order valence-corrected chi connectivity index (χ4v) is 4.31. The van der Waals surface area contributed by atoms with Gasteiger partial charge in [-0.3, -0.25) is 14.5 Å². The van der Waals surface area contributed by atoms with E-state index in [1.54, 1.807) is 7.11 Å². The van der Waals surface area contributed by atoms with Crippen molar-refractivity contribution in [1.29, 1.82) is 0 Å². The number of carbonyl (C=O) groups excluding carboxylic acids is 1. The number of carboxylic acid groups (broad SMARTS) is 1. The maximum Gasteiger partial charge on any atom is 0.311 e. The standard InChI is InChI=1S/C20H28N2O5/c1-26-8-9-27-17-6-2-4-15(10-17)11-21-18(23)13-22-12-16-5-3-7-20(16,14-22)19(24)25/h2,4,6,10,16H,3,5,7-9,11-14H2,1H3,(H,21,23)(H,24,25)/t16-,20+/m0/s1. The Labute approximate surface area is 159 Å². The number of aliphatic carboxylic acids is 1. The molecule has 7 nitrogen and oxygen atoms in total. The molecule has 2 atom stereocenters. The van der Waals surface area contributed by atoms with E-state index in [1.807, 2.05) is 29.2 Å². The number of carbonyl (C=O) groups is 2. The highest BCUT2D eigenvalue weighted by Crippen LogP contribution is 2.48. The third kappa shape index (κ3) is 4.59. The Morgan fingerprint density at radius 1 is 1.37 bits per heavy atom. The lowest BCUT2D eigenvalue weighted by atomic mass is 9.81. The molecule has 0 unspecified atom stereocenters. The predicted molar refractivity (Wildman–Crippen MR) is 99.5 cm³/mol. The van der Waals surface area contributed by atoms with Gasteiger partial charge in [0.25, 0.3) is 0 Å². The van der Waals surface area contributed by atoms with Gasteiger partial charge in [0.2, 0.25) is 5.91 Å². The van der Waals surface area contributed by atoms with Crippen LogP contribution >= 0.6 is 0 Å². The molecule has 2 N–H and O–H groups in total. The number of nitrogens with zero attached hydrogens (tertiary/aromatic N) is 1. The van der Waals surface area contributed by atoms with Crippen LogP contribution in [0.25, 0.3) is 0 Å². The number of amides is 1. The van der Waals surface area contributed by atoms with Crippen molar-refractivity contribution in [3.63, 3.8) is 0 Å². The van der Waals surface area contributed by atoms with E-state index in [1.165, 1.54) is 0 Å². The molecule has 27 heavy (non-hydrogen) atoms. The summed E-state index contributed by atoms with van der Waals surface area (Å²) in [5, 5.41) is 12.6. The lowest BCUT2D eigenvalue weighted by molar-refractivity contribution is -0.149. The zero-order valence-corrected chi connectivity index (χ0v) is 15.8. The van der Waals surface area contributed by atoms with Crippen LogP contribution in [0.1, 0.15) is 24.8 Å². The smallest absolute Gasteiger partial charge is 0.311 e. The Bertz CT molecular complexity index is 680. The third-order valence-corrected chi connectivity index (χ3v) is 5.68. The second-order valence-corrected chi connectivity index (χ2v) is 7.49. The van der Waals surface area contributed by atoms with Crippen LogP contribution in [0.4, 0.5) is 0 Å². The lowest BCUT2D eigenvalue weighted by Gasteiger charge is -2.23. The molecule has 1 amide bonds. The lowest BCUT2D eigenvalue weighted by Crippen LogP contribution is -2.39. The highest BCUT2D eigenvalue weighted by molar-refractivity contribution is 5.79. The summed E-state index contributed by atoms with van der Waals surface area (Å²) in [6.07, 6.45) is 2.64. The SMILES string of the molecule is COCCOc1cccc(CNC(=O)CN2C[C@@H]3CCC[C@@]3(C(=O)O)C2)c1. The number of benzene rings is 1. The van der Waals surface area contributed by atoms with Gasteiger partial charge < -0.3 is 19.9 Å². The first-order valence-corrected chi connectivity index (χ1v) is 9.46. The average molecular weight is 376 g/mol. The molecular weight excluding hydrogens is 348 g/mol. The Balaban J connectivity index is 1.47. The maximum absolute atomic E-state index is 12.3. The summed E-state index contributed by atoms with van der Waals surface area (Å²) in [6.45, 7) is 2.84. The van der Waals surface area contributed by atoms with E-state index in [4.69, 9.17) is 9.47 Å². The molecule has 2 fully saturated rings.